The van der Waals surface area contributed by atoms with E-state index >= 15 is 0 Å². The van der Waals surface area contributed by atoms with Crippen molar-refractivity contribution in [3.05, 3.63) is 29.8 Å². The van der Waals surface area contributed by atoms with Gasteiger partial charge in [-0.05, 0) is 56.2 Å². The Morgan fingerprint density at radius 2 is 1.92 bits per heavy atom. The van der Waals surface area contributed by atoms with Crippen LogP contribution in [0.1, 0.15) is 50.0 Å². The molecule has 0 aromatic heterocycles. The molecule has 0 radical (unpaired) electrons. The minimum absolute atomic E-state index is 0.0528. The van der Waals surface area contributed by atoms with Gasteiger partial charge in [0.2, 0.25) is 0 Å². The SMILES string of the molecule is COc1ccc([C@@H]2CN(C3CCC4(CCCO4)CC3)CC2C(=O)O)cc1. The standard InChI is InChI=1S/C21H29NO4/c1-25-17-5-3-15(4-6-17)18-13-22(14-19(18)20(23)24)16-7-10-21(11-8-16)9-2-12-26-21/h3-6,16,18-19H,2,7-14H2,1H3,(H,23,24)/t16?,18-,19?,21?/m0/s1. The van der Waals surface area contributed by atoms with E-state index in [0.29, 0.717) is 12.6 Å². The van der Waals surface area contributed by atoms with Crippen molar-refractivity contribution in [2.24, 2.45) is 5.92 Å². The number of likely N-dealkylation sites (tertiary alicyclic amines) is 1. The van der Waals surface area contributed by atoms with Crippen LogP contribution in [0.4, 0.5) is 0 Å². The second-order valence-corrected chi connectivity index (χ2v) is 8.14. The molecule has 1 aliphatic carbocycles. The molecular formula is C21H29NO4. The number of ether oxygens (including phenoxy) is 2. The van der Waals surface area contributed by atoms with Crippen LogP contribution in [0.2, 0.25) is 0 Å². The number of nitrogens with zero attached hydrogens (tertiary/aromatic N) is 1. The molecule has 1 aromatic rings. The smallest absolute Gasteiger partial charge is 0.308 e. The number of carbonyl (C=O) groups is 1. The van der Waals surface area contributed by atoms with Crippen LogP contribution in [0.15, 0.2) is 24.3 Å². The van der Waals surface area contributed by atoms with Gasteiger partial charge in [-0.1, -0.05) is 12.1 Å². The monoisotopic (exact) mass is 359 g/mol. The van der Waals surface area contributed by atoms with E-state index < -0.39 is 5.97 Å². The van der Waals surface area contributed by atoms with Gasteiger partial charge in [-0.15, -0.1) is 0 Å². The highest BCUT2D eigenvalue weighted by Crippen LogP contribution is 2.43. The van der Waals surface area contributed by atoms with Crippen LogP contribution in [0, 0.1) is 5.92 Å². The first-order valence-electron chi connectivity index (χ1n) is 9.85. The van der Waals surface area contributed by atoms with Crippen molar-refractivity contribution in [2.45, 2.75) is 56.1 Å². The molecule has 0 amide bonds. The topological polar surface area (TPSA) is 59.0 Å². The fourth-order valence-electron chi connectivity index (χ4n) is 5.21. The van der Waals surface area contributed by atoms with E-state index in [9.17, 15) is 9.90 Å². The Hall–Kier alpha value is -1.59. The maximum absolute atomic E-state index is 11.9. The van der Waals surface area contributed by atoms with E-state index in [0.717, 1.165) is 50.1 Å². The van der Waals surface area contributed by atoms with Crippen molar-refractivity contribution in [2.75, 3.05) is 26.8 Å². The molecular weight excluding hydrogens is 330 g/mol. The molecule has 5 nitrogen and oxygen atoms in total. The van der Waals surface area contributed by atoms with Crippen LogP contribution in [0.25, 0.3) is 0 Å². The number of rotatable bonds is 4. The molecule has 2 aliphatic heterocycles. The summed E-state index contributed by atoms with van der Waals surface area (Å²) in [5.74, 6) is -0.150. The normalized spacial score (nSPS) is 35.0. The average Bonchev–Trinajstić information content (AvgIpc) is 3.30. The first-order valence-corrected chi connectivity index (χ1v) is 9.85. The van der Waals surface area contributed by atoms with Crippen molar-refractivity contribution >= 4 is 5.97 Å². The van der Waals surface area contributed by atoms with Gasteiger partial charge in [0.15, 0.2) is 0 Å². The maximum atomic E-state index is 11.9. The van der Waals surface area contributed by atoms with Gasteiger partial charge in [-0.3, -0.25) is 9.69 Å². The lowest BCUT2D eigenvalue weighted by Crippen LogP contribution is -2.42. The molecule has 1 spiro atoms. The van der Waals surface area contributed by atoms with E-state index in [1.54, 1.807) is 7.11 Å². The first kappa shape index (κ1) is 17.8. The Kier molecular flexibility index (Phi) is 4.93. The lowest BCUT2D eigenvalue weighted by Gasteiger charge is -2.40. The average molecular weight is 359 g/mol. The second-order valence-electron chi connectivity index (χ2n) is 8.14. The third kappa shape index (κ3) is 3.35. The molecule has 2 saturated heterocycles. The lowest BCUT2D eigenvalue weighted by molar-refractivity contribution is -0.141. The highest BCUT2D eigenvalue weighted by atomic mass is 16.5. The summed E-state index contributed by atoms with van der Waals surface area (Å²) in [6, 6.07) is 8.39. The van der Waals surface area contributed by atoms with Gasteiger partial charge >= 0.3 is 5.97 Å². The number of carboxylic acid groups (broad SMARTS) is 1. The van der Waals surface area contributed by atoms with Crippen LogP contribution in [0.3, 0.4) is 0 Å². The first-order chi connectivity index (χ1) is 12.6. The van der Waals surface area contributed by atoms with Crippen molar-refractivity contribution in [3.8, 4) is 5.75 Å². The molecule has 0 bridgehead atoms. The summed E-state index contributed by atoms with van der Waals surface area (Å²) in [4.78, 5) is 14.3. The number of benzene rings is 1. The molecule has 1 N–H and O–H groups in total. The summed E-state index contributed by atoms with van der Waals surface area (Å²) in [5.41, 5.74) is 1.24. The minimum Gasteiger partial charge on any atom is -0.497 e. The lowest BCUT2D eigenvalue weighted by atomic mass is 9.80. The van der Waals surface area contributed by atoms with E-state index in [1.807, 2.05) is 24.3 Å². The number of aliphatic carboxylic acids is 1. The highest BCUT2D eigenvalue weighted by molar-refractivity contribution is 5.72. The Morgan fingerprint density at radius 3 is 2.50 bits per heavy atom. The molecule has 1 aromatic carbocycles. The zero-order valence-corrected chi connectivity index (χ0v) is 15.5. The summed E-state index contributed by atoms with van der Waals surface area (Å²) >= 11 is 0. The summed E-state index contributed by atoms with van der Waals surface area (Å²) in [6.07, 6.45) is 6.89. The Bertz CT molecular complexity index is 628. The van der Waals surface area contributed by atoms with Crippen LogP contribution in [0.5, 0.6) is 5.75 Å². The number of hydrogen-bond donors (Lipinski definition) is 1. The molecule has 4 rings (SSSR count). The predicted octanol–water partition coefficient (Wildman–Crippen LogP) is 3.29. The molecule has 5 heteroatoms. The van der Waals surface area contributed by atoms with Crippen molar-refractivity contribution in [3.63, 3.8) is 0 Å². The minimum atomic E-state index is -0.681. The van der Waals surface area contributed by atoms with Gasteiger partial charge in [-0.2, -0.15) is 0 Å². The molecule has 1 unspecified atom stereocenters. The van der Waals surface area contributed by atoms with Crippen molar-refractivity contribution < 1.29 is 19.4 Å². The van der Waals surface area contributed by atoms with Gasteiger partial charge in [-0.25, -0.2) is 0 Å². The van der Waals surface area contributed by atoms with Gasteiger partial charge < -0.3 is 14.6 Å². The highest BCUT2D eigenvalue weighted by Gasteiger charge is 2.45. The number of carboxylic acids is 1. The second kappa shape index (κ2) is 7.20. The Labute approximate surface area is 155 Å². The van der Waals surface area contributed by atoms with E-state index in [2.05, 4.69) is 4.90 Å². The third-order valence-electron chi connectivity index (χ3n) is 6.78. The largest absolute Gasteiger partial charge is 0.497 e. The van der Waals surface area contributed by atoms with Crippen LogP contribution in [-0.4, -0.2) is 54.4 Å². The van der Waals surface area contributed by atoms with Crippen molar-refractivity contribution in [1.82, 2.24) is 4.90 Å². The molecule has 142 valence electrons. The summed E-state index contributed by atoms with van der Waals surface area (Å²) in [7, 11) is 1.65. The molecule has 3 aliphatic rings. The van der Waals surface area contributed by atoms with Gasteiger partial charge in [0.25, 0.3) is 0 Å². The third-order valence-corrected chi connectivity index (χ3v) is 6.78. The zero-order valence-electron chi connectivity index (χ0n) is 15.5. The van der Waals surface area contributed by atoms with Crippen LogP contribution in [-0.2, 0) is 9.53 Å². The molecule has 2 atom stereocenters. The van der Waals surface area contributed by atoms with Gasteiger partial charge in [0.1, 0.15) is 5.75 Å². The molecule has 3 fully saturated rings. The number of hydrogen-bond acceptors (Lipinski definition) is 4. The molecule has 1 saturated carbocycles. The van der Waals surface area contributed by atoms with E-state index in [1.165, 1.54) is 12.8 Å². The fourth-order valence-corrected chi connectivity index (χ4v) is 5.21. The fraction of sp³-hybridized carbons (Fsp3) is 0.667. The summed E-state index contributed by atoms with van der Waals surface area (Å²) in [5, 5.41) is 9.76. The van der Waals surface area contributed by atoms with Crippen LogP contribution < -0.4 is 4.74 Å². The van der Waals surface area contributed by atoms with E-state index in [4.69, 9.17) is 9.47 Å². The Morgan fingerprint density at radius 1 is 1.19 bits per heavy atom. The molecule has 26 heavy (non-hydrogen) atoms. The zero-order chi connectivity index (χ0) is 18.1. The van der Waals surface area contributed by atoms with Gasteiger partial charge in [0, 0.05) is 31.7 Å². The predicted molar refractivity (Wildman–Crippen MR) is 98.6 cm³/mol. The van der Waals surface area contributed by atoms with Crippen molar-refractivity contribution in [1.29, 1.82) is 0 Å². The summed E-state index contributed by atoms with van der Waals surface area (Å²) < 4.78 is 11.3. The quantitative estimate of drug-likeness (QED) is 0.894. The Balaban J connectivity index is 1.44. The van der Waals surface area contributed by atoms with E-state index in [-0.39, 0.29) is 17.4 Å². The molecule has 2 heterocycles. The maximum Gasteiger partial charge on any atom is 0.308 e. The number of methoxy groups -OCH3 is 1. The van der Waals surface area contributed by atoms with Gasteiger partial charge in [0.05, 0.1) is 18.6 Å². The van der Waals surface area contributed by atoms with Crippen LogP contribution >= 0.6 is 0 Å². The summed E-state index contributed by atoms with van der Waals surface area (Å²) in [6.45, 7) is 2.40.